The van der Waals surface area contributed by atoms with E-state index in [0.29, 0.717) is 25.2 Å². The molecule has 0 spiro atoms. The van der Waals surface area contributed by atoms with Crippen molar-refractivity contribution in [3.8, 4) is 0 Å². The van der Waals surface area contributed by atoms with E-state index in [1.54, 1.807) is 0 Å². The molecule has 0 saturated carbocycles. The number of aliphatic imine (C=N–C) groups is 1. The fourth-order valence-electron chi connectivity index (χ4n) is 2.62. The van der Waals surface area contributed by atoms with Crippen LogP contribution in [-0.2, 0) is 11.3 Å². The van der Waals surface area contributed by atoms with Crippen LogP contribution in [0.4, 0.5) is 0 Å². The van der Waals surface area contributed by atoms with Gasteiger partial charge < -0.3 is 14.5 Å². The fourth-order valence-corrected chi connectivity index (χ4v) is 2.83. The lowest BCUT2D eigenvalue weighted by Crippen LogP contribution is -2.47. The van der Waals surface area contributed by atoms with E-state index in [9.17, 15) is 0 Å². The number of rotatable bonds is 2. The number of benzene rings is 1. The van der Waals surface area contributed by atoms with Crippen molar-refractivity contribution in [2.45, 2.75) is 26.0 Å². The lowest BCUT2D eigenvalue weighted by atomic mass is 10.1. The number of halogens is 1. The topological polar surface area (TPSA) is 28.1 Å². The molecule has 21 heavy (non-hydrogen) atoms. The summed E-state index contributed by atoms with van der Waals surface area (Å²) in [6.45, 7) is 4.47. The first-order valence-corrected chi connectivity index (χ1v) is 7.62. The van der Waals surface area contributed by atoms with Gasteiger partial charge in [0.25, 0.3) is 0 Å². The highest BCUT2D eigenvalue weighted by Gasteiger charge is 2.27. The van der Waals surface area contributed by atoms with E-state index in [2.05, 4.69) is 28.8 Å². The van der Waals surface area contributed by atoms with Gasteiger partial charge in [0.15, 0.2) is 0 Å². The second-order valence-electron chi connectivity index (χ2n) is 5.57. The van der Waals surface area contributed by atoms with Crippen molar-refractivity contribution < 1.29 is 4.74 Å². The van der Waals surface area contributed by atoms with Gasteiger partial charge >= 0.3 is 0 Å². The average molecular weight is 306 g/mol. The van der Waals surface area contributed by atoms with Crippen molar-refractivity contribution in [2.24, 2.45) is 4.99 Å². The van der Waals surface area contributed by atoms with Crippen LogP contribution >= 0.6 is 11.6 Å². The van der Waals surface area contributed by atoms with Crippen molar-refractivity contribution in [1.82, 2.24) is 9.80 Å². The number of hydrogen-bond acceptors (Lipinski definition) is 4. The zero-order chi connectivity index (χ0) is 14.8. The van der Waals surface area contributed by atoms with Crippen LogP contribution in [0.25, 0.3) is 0 Å². The summed E-state index contributed by atoms with van der Waals surface area (Å²) in [5.41, 5.74) is 1.05. The molecule has 2 heterocycles. The van der Waals surface area contributed by atoms with E-state index in [0.717, 1.165) is 17.1 Å². The monoisotopic (exact) mass is 305 g/mol. The maximum absolute atomic E-state index is 5.98. The maximum Gasteiger partial charge on any atom is 0.214 e. The molecule has 112 valence electrons. The summed E-state index contributed by atoms with van der Waals surface area (Å²) in [6.07, 6.45) is 3.20. The zero-order valence-electron chi connectivity index (χ0n) is 12.4. The van der Waals surface area contributed by atoms with Gasteiger partial charge in [0, 0.05) is 30.7 Å². The van der Waals surface area contributed by atoms with Gasteiger partial charge in [0.2, 0.25) is 5.90 Å². The quantitative estimate of drug-likeness (QED) is 0.840. The van der Waals surface area contributed by atoms with Crippen LogP contribution in [0.5, 0.6) is 0 Å². The highest BCUT2D eigenvalue weighted by Crippen LogP contribution is 2.24. The molecule has 0 radical (unpaired) electrons. The average Bonchev–Trinajstić information content (AvgIpc) is 2.49. The molecular weight excluding hydrogens is 286 g/mol. The van der Waals surface area contributed by atoms with Crippen LogP contribution in [-0.4, -0.2) is 42.0 Å². The van der Waals surface area contributed by atoms with Crippen LogP contribution in [0, 0.1) is 0 Å². The summed E-state index contributed by atoms with van der Waals surface area (Å²) in [5.74, 6) is 1.90. The van der Waals surface area contributed by atoms with E-state index >= 15 is 0 Å². The lowest BCUT2D eigenvalue weighted by molar-refractivity contribution is 0.133. The Morgan fingerprint density at radius 2 is 2.29 bits per heavy atom. The molecule has 1 aromatic rings. The molecule has 2 aliphatic rings. The largest absolute Gasteiger partial charge is 0.473 e. The van der Waals surface area contributed by atoms with E-state index in [-0.39, 0.29) is 0 Å². The smallest absolute Gasteiger partial charge is 0.214 e. The maximum atomic E-state index is 5.98. The number of hydrogen-bond donors (Lipinski definition) is 0. The Balaban J connectivity index is 1.67. The van der Waals surface area contributed by atoms with E-state index in [4.69, 9.17) is 16.3 Å². The molecule has 5 heteroatoms. The Kier molecular flexibility index (Phi) is 4.06. The Morgan fingerprint density at radius 3 is 3.10 bits per heavy atom. The number of nitrogens with zero attached hydrogens (tertiary/aromatic N) is 3. The predicted octanol–water partition coefficient (Wildman–Crippen LogP) is 3.09. The van der Waals surface area contributed by atoms with Crippen LogP contribution < -0.4 is 0 Å². The van der Waals surface area contributed by atoms with Crippen molar-refractivity contribution in [1.29, 1.82) is 0 Å². The molecule has 0 aliphatic carbocycles. The molecule has 3 rings (SSSR count). The molecule has 4 nitrogen and oxygen atoms in total. The van der Waals surface area contributed by atoms with Gasteiger partial charge in [-0.1, -0.05) is 23.7 Å². The number of ether oxygens (including phenoxy) is 1. The molecule has 0 aromatic heterocycles. The van der Waals surface area contributed by atoms with Gasteiger partial charge in [-0.2, -0.15) is 0 Å². The van der Waals surface area contributed by atoms with Gasteiger partial charge in [-0.05, 0) is 31.0 Å². The SMILES string of the molecule is C[C@@H]1CCN2CN=C(OCc3cccc(Cl)c3)C=C2N1C. The molecule has 1 saturated heterocycles. The molecule has 0 N–H and O–H groups in total. The molecule has 0 unspecified atom stereocenters. The minimum Gasteiger partial charge on any atom is -0.473 e. The van der Waals surface area contributed by atoms with Gasteiger partial charge in [-0.25, -0.2) is 4.99 Å². The van der Waals surface area contributed by atoms with Crippen molar-refractivity contribution in [2.75, 3.05) is 20.3 Å². The van der Waals surface area contributed by atoms with Crippen LogP contribution in [0.15, 0.2) is 41.2 Å². The highest BCUT2D eigenvalue weighted by molar-refractivity contribution is 6.30. The first kappa shape index (κ1) is 14.3. The third-order valence-corrected chi connectivity index (χ3v) is 4.32. The third kappa shape index (κ3) is 3.16. The first-order valence-electron chi connectivity index (χ1n) is 7.24. The van der Waals surface area contributed by atoms with Crippen molar-refractivity contribution in [3.05, 3.63) is 46.7 Å². The van der Waals surface area contributed by atoms with Crippen LogP contribution in [0.3, 0.4) is 0 Å². The summed E-state index contributed by atoms with van der Waals surface area (Å²) < 4.78 is 5.82. The third-order valence-electron chi connectivity index (χ3n) is 4.09. The standard InChI is InChI=1S/C16H20ClN3O/c1-12-6-7-20-11-18-15(9-16(20)19(12)2)21-10-13-4-3-5-14(17)8-13/h3-5,8-9,12H,6-7,10-11H2,1-2H3/t12-/m1/s1. The Bertz CT molecular complexity index is 585. The Morgan fingerprint density at radius 1 is 1.43 bits per heavy atom. The molecule has 1 atom stereocenters. The van der Waals surface area contributed by atoms with E-state index in [1.807, 2.05) is 30.3 Å². The summed E-state index contributed by atoms with van der Waals surface area (Å²) in [6, 6.07) is 8.27. The van der Waals surface area contributed by atoms with Gasteiger partial charge in [-0.3, -0.25) is 0 Å². The molecule has 0 bridgehead atoms. The minimum absolute atomic E-state index is 0.489. The second kappa shape index (κ2) is 5.98. The molecule has 1 fully saturated rings. The fraction of sp³-hybridized carbons (Fsp3) is 0.438. The van der Waals surface area contributed by atoms with Crippen LogP contribution in [0.1, 0.15) is 18.9 Å². The van der Waals surface area contributed by atoms with Crippen molar-refractivity contribution in [3.63, 3.8) is 0 Å². The summed E-state index contributed by atoms with van der Waals surface area (Å²) in [5, 5.41) is 0.729. The number of fused-ring (bicyclic) bond motifs is 1. The first-order chi connectivity index (χ1) is 10.1. The lowest BCUT2D eigenvalue weighted by Gasteiger charge is -2.43. The summed E-state index contributed by atoms with van der Waals surface area (Å²) >= 11 is 5.98. The summed E-state index contributed by atoms with van der Waals surface area (Å²) in [4.78, 5) is 9.07. The van der Waals surface area contributed by atoms with E-state index < -0.39 is 0 Å². The molecule has 1 aromatic carbocycles. The molecular formula is C16H20ClN3O. The normalized spacial score (nSPS) is 21.6. The van der Waals surface area contributed by atoms with Crippen molar-refractivity contribution >= 4 is 17.5 Å². The summed E-state index contributed by atoms with van der Waals surface area (Å²) in [7, 11) is 2.13. The highest BCUT2D eigenvalue weighted by atomic mass is 35.5. The second-order valence-corrected chi connectivity index (χ2v) is 6.01. The van der Waals surface area contributed by atoms with Gasteiger partial charge in [0.05, 0.1) is 0 Å². The Labute approximate surface area is 130 Å². The van der Waals surface area contributed by atoms with Gasteiger partial charge in [0.1, 0.15) is 19.1 Å². The predicted molar refractivity (Wildman–Crippen MR) is 85.2 cm³/mol. The zero-order valence-corrected chi connectivity index (χ0v) is 13.2. The van der Waals surface area contributed by atoms with Crippen LogP contribution in [0.2, 0.25) is 5.02 Å². The van der Waals surface area contributed by atoms with E-state index in [1.165, 1.54) is 12.2 Å². The Hall–Kier alpha value is -1.68. The molecule has 2 aliphatic heterocycles. The molecule has 0 amide bonds. The minimum atomic E-state index is 0.489. The van der Waals surface area contributed by atoms with Gasteiger partial charge in [-0.15, -0.1) is 0 Å².